The van der Waals surface area contributed by atoms with Crippen molar-refractivity contribution >= 4 is 29.2 Å². The topological polar surface area (TPSA) is 55.1 Å². The molecule has 0 saturated carbocycles. The van der Waals surface area contributed by atoms with Gasteiger partial charge >= 0.3 is 5.97 Å². The molecule has 11 heavy (non-hydrogen) atoms. The second kappa shape index (κ2) is 2.71. The number of hydrogen-bond acceptors (Lipinski definition) is 2. The summed E-state index contributed by atoms with van der Waals surface area (Å²) >= 11 is 10.9. The van der Waals surface area contributed by atoms with Crippen molar-refractivity contribution in [3.63, 3.8) is 0 Å². The Hall–Kier alpha value is -0.740. The summed E-state index contributed by atoms with van der Waals surface area (Å²) < 4.78 is 1.20. The summed E-state index contributed by atoms with van der Waals surface area (Å²) in [5.74, 6) is -1.14. The minimum Gasteiger partial charge on any atom is -0.476 e. The SMILES string of the molecule is Cn1c(Cl)nc(Cl)c1C(=O)O. The number of halogens is 2. The van der Waals surface area contributed by atoms with Crippen molar-refractivity contribution in [2.75, 3.05) is 0 Å². The molecule has 0 bridgehead atoms. The van der Waals surface area contributed by atoms with Crippen molar-refractivity contribution in [2.45, 2.75) is 0 Å². The summed E-state index contributed by atoms with van der Waals surface area (Å²) in [4.78, 5) is 14.0. The Morgan fingerprint density at radius 1 is 1.64 bits per heavy atom. The van der Waals surface area contributed by atoms with Gasteiger partial charge in [-0.15, -0.1) is 0 Å². The highest BCUT2D eigenvalue weighted by Crippen LogP contribution is 2.18. The molecular weight excluding hydrogens is 191 g/mol. The fraction of sp³-hybridized carbons (Fsp3) is 0.200. The maximum absolute atomic E-state index is 10.5. The largest absolute Gasteiger partial charge is 0.476 e. The molecule has 0 aliphatic rings. The molecule has 0 aromatic carbocycles. The Balaban J connectivity index is 3.34. The van der Waals surface area contributed by atoms with Gasteiger partial charge in [0.25, 0.3) is 0 Å². The molecule has 60 valence electrons. The summed E-state index contributed by atoms with van der Waals surface area (Å²) in [6.45, 7) is 0. The lowest BCUT2D eigenvalue weighted by atomic mass is 10.5. The third kappa shape index (κ3) is 1.32. The molecule has 0 fully saturated rings. The summed E-state index contributed by atoms with van der Waals surface area (Å²) in [6.07, 6.45) is 0. The number of carbonyl (C=O) groups is 1. The molecule has 1 aromatic heterocycles. The van der Waals surface area contributed by atoms with Crippen LogP contribution in [-0.4, -0.2) is 20.6 Å². The highest BCUT2D eigenvalue weighted by Gasteiger charge is 2.17. The van der Waals surface area contributed by atoms with Crippen LogP contribution in [0.1, 0.15) is 10.5 Å². The van der Waals surface area contributed by atoms with E-state index in [1.165, 1.54) is 11.6 Å². The molecule has 0 aliphatic carbocycles. The molecule has 0 atom stereocenters. The van der Waals surface area contributed by atoms with Gasteiger partial charge in [0.05, 0.1) is 0 Å². The van der Waals surface area contributed by atoms with E-state index in [2.05, 4.69) is 4.98 Å². The predicted octanol–water partition coefficient (Wildman–Crippen LogP) is 1.43. The number of nitrogens with zero attached hydrogens (tertiary/aromatic N) is 2. The van der Waals surface area contributed by atoms with E-state index in [0.717, 1.165) is 0 Å². The molecule has 1 rings (SSSR count). The monoisotopic (exact) mass is 194 g/mol. The lowest BCUT2D eigenvalue weighted by Crippen LogP contribution is -2.04. The zero-order chi connectivity index (χ0) is 8.59. The molecule has 0 radical (unpaired) electrons. The summed E-state index contributed by atoms with van der Waals surface area (Å²) in [5.41, 5.74) is -0.100. The van der Waals surface area contributed by atoms with Crippen LogP contribution in [0.2, 0.25) is 10.4 Å². The van der Waals surface area contributed by atoms with Crippen molar-refractivity contribution in [3.05, 3.63) is 16.1 Å². The van der Waals surface area contributed by atoms with Gasteiger partial charge in [0.15, 0.2) is 10.8 Å². The number of carboxylic acids is 1. The highest BCUT2D eigenvalue weighted by atomic mass is 35.5. The molecular formula is C5H4Cl2N2O2. The van der Waals surface area contributed by atoms with Crippen LogP contribution < -0.4 is 0 Å². The van der Waals surface area contributed by atoms with Gasteiger partial charge in [0.1, 0.15) is 0 Å². The zero-order valence-electron chi connectivity index (χ0n) is 5.51. The number of imidazole rings is 1. The molecule has 0 unspecified atom stereocenters. The first kappa shape index (κ1) is 8.36. The number of carboxylic acid groups (broad SMARTS) is 1. The van der Waals surface area contributed by atoms with E-state index in [1.807, 2.05) is 0 Å². The number of aromatic carboxylic acids is 1. The van der Waals surface area contributed by atoms with Crippen LogP contribution in [0.25, 0.3) is 0 Å². The first-order valence-electron chi connectivity index (χ1n) is 2.65. The molecule has 0 amide bonds. The van der Waals surface area contributed by atoms with Gasteiger partial charge in [-0.2, -0.15) is 0 Å². The Morgan fingerprint density at radius 2 is 2.18 bits per heavy atom. The predicted molar refractivity (Wildman–Crippen MR) is 40.2 cm³/mol. The van der Waals surface area contributed by atoms with Gasteiger partial charge in [0, 0.05) is 7.05 Å². The standard InChI is InChI=1S/C5H4Cl2N2O2/c1-9-2(4(10)11)3(6)8-5(9)7/h1H3,(H,10,11). The van der Waals surface area contributed by atoms with E-state index in [-0.39, 0.29) is 16.1 Å². The van der Waals surface area contributed by atoms with Gasteiger partial charge in [-0.3, -0.25) is 0 Å². The van der Waals surface area contributed by atoms with Crippen LogP contribution in [-0.2, 0) is 7.05 Å². The second-order valence-electron chi connectivity index (χ2n) is 1.88. The van der Waals surface area contributed by atoms with Crippen LogP contribution in [0.5, 0.6) is 0 Å². The second-order valence-corrected chi connectivity index (χ2v) is 2.58. The first-order chi connectivity index (χ1) is 5.04. The van der Waals surface area contributed by atoms with E-state index in [9.17, 15) is 4.79 Å². The number of rotatable bonds is 1. The maximum Gasteiger partial charge on any atom is 0.355 e. The van der Waals surface area contributed by atoms with Gasteiger partial charge in [-0.25, -0.2) is 9.78 Å². The summed E-state index contributed by atoms with van der Waals surface area (Å²) in [7, 11) is 1.48. The normalized spacial score (nSPS) is 10.1. The molecule has 1 N–H and O–H groups in total. The average molecular weight is 195 g/mol. The lowest BCUT2D eigenvalue weighted by molar-refractivity contribution is 0.0687. The Kier molecular flexibility index (Phi) is 2.06. The third-order valence-corrected chi connectivity index (χ3v) is 1.80. The van der Waals surface area contributed by atoms with E-state index in [1.54, 1.807) is 0 Å². The third-order valence-electron chi connectivity index (χ3n) is 1.20. The molecule has 0 spiro atoms. The minimum absolute atomic E-state index is 0.0624. The fourth-order valence-corrected chi connectivity index (χ4v) is 1.17. The van der Waals surface area contributed by atoms with Crippen molar-refractivity contribution in [1.82, 2.24) is 9.55 Å². The van der Waals surface area contributed by atoms with E-state index < -0.39 is 5.97 Å². The smallest absolute Gasteiger partial charge is 0.355 e. The van der Waals surface area contributed by atoms with Crippen molar-refractivity contribution < 1.29 is 9.90 Å². The van der Waals surface area contributed by atoms with E-state index in [4.69, 9.17) is 28.3 Å². The van der Waals surface area contributed by atoms with Crippen molar-refractivity contribution in [3.8, 4) is 0 Å². The van der Waals surface area contributed by atoms with Crippen molar-refractivity contribution in [1.29, 1.82) is 0 Å². The van der Waals surface area contributed by atoms with Gasteiger partial charge in [0.2, 0.25) is 5.28 Å². The Morgan fingerprint density at radius 3 is 2.36 bits per heavy atom. The number of hydrogen-bond donors (Lipinski definition) is 1. The Labute approximate surface area is 72.4 Å². The van der Waals surface area contributed by atoms with Crippen LogP contribution >= 0.6 is 23.2 Å². The minimum atomic E-state index is -1.14. The molecule has 4 nitrogen and oxygen atoms in total. The molecule has 0 aliphatic heterocycles. The van der Waals surface area contributed by atoms with Gasteiger partial charge in [-0.05, 0) is 11.6 Å². The van der Waals surface area contributed by atoms with Crippen molar-refractivity contribution in [2.24, 2.45) is 7.05 Å². The highest BCUT2D eigenvalue weighted by molar-refractivity contribution is 6.34. The molecule has 0 saturated heterocycles. The summed E-state index contributed by atoms with van der Waals surface area (Å²) in [6, 6.07) is 0. The van der Waals surface area contributed by atoms with Crippen LogP contribution in [0.4, 0.5) is 0 Å². The molecule has 6 heteroatoms. The van der Waals surface area contributed by atoms with E-state index >= 15 is 0 Å². The summed E-state index contributed by atoms with van der Waals surface area (Å²) in [5, 5.41) is 8.53. The maximum atomic E-state index is 10.5. The first-order valence-corrected chi connectivity index (χ1v) is 3.40. The quantitative estimate of drug-likeness (QED) is 0.737. The van der Waals surface area contributed by atoms with Crippen LogP contribution in [0, 0.1) is 0 Å². The molecule has 1 aromatic rings. The van der Waals surface area contributed by atoms with Gasteiger partial charge in [-0.1, -0.05) is 11.6 Å². The lowest BCUT2D eigenvalue weighted by Gasteiger charge is -1.94. The zero-order valence-corrected chi connectivity index (χ0v) is 7.02. The number of aromatic nitrogens is 2. The van der Waals surface area contributed by atoms with Gasteiger partial charge < -0.3 is 9.67 Å². The van der Waals surface area contributed by atoms with E-state index in [0.29, 0.717) is 0 Å². The van der Waals surface area contributed by atoms with Crippen LogP contribution in [0.3, 0.4) is 0 Å². The average Bonchev–Trinajstić information content (AvgIpc) is 2.07. The fourth-order valence-electron chi connectivity index (χ4n) is 0.671. The van der Waals surface area contributed by atoms with Crippen LogP contribution in [0.15, 0.2) is 0 Å². The molecule has 1 heterocycles. The Bertz CT molecular complexity index is 308.